The van der Waals surface area contributed by atoms with Crippen LogP contribution < -0.4 is 15.0 Å². The second kappa shape index (κ2) is 8.34. The van der Waals surface area contributed by atoms with Crippen LogP contribution >= 0.6 is 27.3 Å². The van der Waals surface area contributed by atoms with Gasteiger partial charge in [-0.2, -0.15) is 0 Å². The SMILES string of the molecule is CNC(=O)C1CN(C(=O)Cc2csc(-c3cccc(Br)c3)n2)c2ccccc2O1. The maximum atomic E-state index is 13.1. The number of hydrogen-bond donors (Lipinski definition) is 1. The molecule has 3 aromatic rings. The van der Waals surface area contributed by atoms with E-state index >= 15 is 0 Å². The number of nitrogens with one attached hydrogen (secondary N) is 1. The van der Waals surface area contributed by atoms with Crippen LogP contribution in [0.3, 0.4) is 0 Å². The number of rotatable bonds is 4. The molecule has 8 heteroatoms. The van der Waals surface area contributed by atoms with Crippen LogP contribution in [0.1, 0.15) is 5.69 Å². The van der Waals surface area contributed by atoms with Gasteiger partial charge in [-0.15, -0.1) is 11.3 Å². The zero-order chi connectivity index (χ0) is 20.4. The Morgan fingerprint density at radius 1 is 1.28 bits per heavy atom. The molecule has 1 aromatic heterocycles. The van der Waals surface area contributed by atoms with Gasteiger partial charge in [0.15, 0.2) is 6.10 Å². The fourth-order valence-electron chi connectivity index (χ4n) is 3.16. The number of thiazole rings is 1. The lowest BCUT2D eigenvalue weighted by Gasteiger charge is -2.34. The Bertz CT molecular complexity index is 1070. The third-order valence-corrected chi connectivity index (χ3v) is 6.00. The topological polar surface area (TPSA) is 71.5 Å². The van der Waals surface area contributed by atoms with E-state index in [1.165, 1.54) is 11.3 Å². The molecule has 0 spiro atoms. The average molecular weight is 472 g/mol. The highest BCUT2D eigenvalue weighted by atomic mass is 79.9. The van der Waals surface area contributed by atoms with Crippen molar-refractivity contribution in [2.75, 3.05) is 18.5 Å². The zero-order valence-electron chi connectivity index (χ0n) is 15.6. The Morgan fingerprint density at radius 3 is 2.90 bits per heavy atom. The summed E-state index contributed by atoms with van der Waals surface area (Å²) in [5.74, 6) is 0.137. The molecule has 4 rings (SSSR count). The summed E-state index contributed by atoms with van der Waals surface area (Å²) in [6.07, 6.45) is -0.592. The molecular formula is C21H18BrN3O3S. The van der Waals surface area contributed by atoms with Crippen molar-refractivity contribution in [1.82, 2.24) is 10.3 Å². The van der Waals surface area contributed by atoms with E-state index < -0.39 is 6.10 Å². The fraction of sp³-hybridized carbons (Fsp3) is 0.190. The van der Waals surface area contributed by atoms with E-state index in [9.17, 15) is 9.59 Å². The number of hydrogen-bond acceptors (Lipinski definition) is 5. The first-order valence-corrected chi connectivity index (χ1v) is 10.7. The van der Waals surface area contributed by atoms with E-state index in [-0.39, 0.29) is 24.8 Å². The summed E-state index contributed by atoms with van der Waals surface area (Å²) in [4.78, 5) is 31.4. The summed E-state index contributed by atoms with van der Waals surface area (Å²) >= 11 is 4.97. The van der Waals surface area contributed by atoms with E-state index in [1.54, 1.807) is 18.0 Å². The number of para-hydroxylation sites is 2. The lowest BCUT2D eigenvalue weighted by atomic mass is 10.1. The number of carbonyl (C=O) groups is 2. The number of aromatic nitrogens is 1. The molecule has 1 unspecified atom stereocenters. The monoisotopic (exact) mass is 471 g/mol. The van der Waals surface area contributed by atoms with Crippen molar-refractivity contribution in [1.29, 1.82) is 0 Å². The van der Waals surface area contributed by atoms with Gasteiger partial charge >= 0.3 is 0 Å². The molecule has 0 fully saturated rings. The van der Waals surface area contributed by atoms with Crippen molar-refractivity contribution in [3.05, 3.63) is 64.1 Å². The maximum absolute atomic E-state index is 13.1. The first-order valence-electron chi connectivity index (χ1n) is 9.03. The van der Waals surface area contributed by atoms with Crippen molar-refractivity contribution in [2.24, 2.45) is 0 Å². The van der Waals surface area contributed by atoms with E-state index in [4.69, 9.17) is 4.74 Å². The number of likely N-dealkylation sites (N-methyl/N-ethyl adjacent to an activating group) is 1. The van der Waals surface area contributed by atoms with Crippen LogP contribution in [0.5, 0.6) is 5.75 Å². The van der Waals surface area contributed by atoms with Gasteiger partial charge in [-0.1, -0.05) is 40.2 Å². The highest BCUT2D eigenvalue weighted by Crippen LogP contribution is 2.34. The van der Waals surface area contributed by atoms with Gasteiger partial charge in [-0.05, 0) is 24.3 Å². The summed E-state index contributed by atoms with van der Waals surface area (Å²) in [5, 5.41) is 5.34. The number of nitrogens with zero attached hydrogens (tertiary/aromatic N) is 2. The first-order chi connectivity index (χ1) is 14.0. The standard InChI is InChI=1S/C21H18BrN3O3S/c1-23-20(27)18-11-25(16-7-2-3-8-17(16)28-18)19(26)10-15-12-29-21(24-15)13-5-4-6-14(22)9-13/h2-9,12,18H,10-11H2,1H3,(H,23,27). The quantitative estimate of drug-likeness (QED) is 0.630. The van der Waals surface area contributed by atoms with Crippen molar-refractivity contribution in [3.63, 3.8) is 0 Å². The fourth-order valence-corrected chi connectivity index (χ4v) is 4.38. The zero-order valence-corrected chi connectivity index (χ0v) is 18.0. The second-order valence-corrected chi connectivity index (χ2v) is 8.30. The van der Waals surface area contributed by atoms with E-state index in [2.05, 4.69) is 26.2 Å². The lowest BCUT2D eigenvalue weighted by molar-refractivity contribution is -0.127. The van der Waals surface area contributed by atoms with Gasteiger partial charge in [0, 0.05) is 22.5 Å². The summed E-state index contributed by atoms with van der Waals surface area (Å²) in [6, 6.07) is 15.1. The van der Waals surface area contributed by atoms with Gasteiger partial charge in [0.25, 0.3) is 5.91 Å². The smallest absolute Gasteiger partial charge is 0.262 e. The molecule has 0 bridgehead atoms. The predicted molar refractivity (Wildman–Crippen MR) is 116 cm³/mol. The minimum atomic E-state index is -0.744. The Hall–Kier alpha value is -2.71. The van der Waals surface area contributed by atoms with Crippen LogP contribution in [-0.4, -0.2) is 36.5 Å². The van der Waals surface area contributed by atoms with Gasteiger partial charge in [-0.3, -0.25) is 9.59 Å². The molecule has 2 amide bonds. The third kappa shape index (κ3) is 4.18. The van der Waals surface area contributed by atoms with E-state index in [0.29, 0.717) is 17.1 Å². The van der Waals surface area contributed by atoms with Gasteiger partial charge in [-0.25, -0.2) is 4.98 Å². The first kappa shape index (κ1) is 19.6. The number of benzene rings is 2. The van der Waals surface area contributed by atoms with Crippen LogP contribution in [0.25, 0.3) is 10.6 Å². The molecule has 0 saturated carbocycles. The van der Waals surface area contributed by atoms with Crippen LogP contribution in [0, 0.1) is 0 Å². The molecule has 148 valence electrons. The maximum Gasteiger partial charge on any atom is 0.262 e. The normalized spacial score (nSPS) is 15.4. The number of anilines is 1. The number of fused-ring (bicyclic) bond motifs is 1. The molecule has 2 aromatic carbocycles. The number of carbonyl (C=O) groups excluding carboxylic acids is 2. The van der Waals surface area contributed by atoms with Crippen LogP contribution in [0.4, 0.5) is 5.69 Å². The molecule has 0 radical (unpaired) electrons. The van der Waals surface area contributed by atoms with Gasteiger partial charge in [0.05, 0.1) is 24.3 Å². The number of halogens is 1. The summed E-state index contributed by atoms with van der Waals surface area (Å²) in [7, 11) is 1.55. The van der Waals surface area contributed by atoms with E-state index in [1.807, 2.05) is 47.8 Å². The van der Waals surface area contributed by atoms with Crippen LogP contribution in [-0.2, 0) is 16.0 Å². The van der Waals surface area contributed by atoms with Crippen LogP contribution in [0.2, 0.25) is 0 Å². The largest absolute Gasteiger partial charge is 0.477 e. The van der Waals surface area contributed by atoms with Crippen molar-refractivity contribution >= 4 is 44.8 Å². The highest BCUT2D eigenvalue weighted by molar-refractivity contribution is 9.10. The minimum Gasteiger partial charge on any atom is -0.477 e. The summed E-state index contributed by atoms with van der Waals surface area (Å²) in [6.45, 7) is 0.165. The lowest BCUT2D eigenvalue weighted by Crippen LogP contribution is -2.50. The molecule has 0 saturated heterocycles. The van der Waals surface area contributed by atoms with Crippen molar-refractivity contribution in [3.8, 4) is 16.3 Å². The summed E-state index contributed by atoms with van der Waals surface area (Å²) < 4.78 is 6.74. The van der Waals surface area contributed by atoms with Gasteiger partial charge in [0.1, 0.15) is 10.8 Å². The molecular weight excluding hydrogens is 454 g/mol. The minimum absolute atomic E-state index is 0.124. The Balaban J connectivity index is 1.56. The van der Waals surface area contributed by atoms with Crippen molar-refractivity contribution < 1.29 is 14.3 Å². The highest BCUT2D eigenvalue weighted by Gasteiger charge is 2.33. The van der Waals surface area contributed by atoms with Gasteiger partial charge in [0.2, 0.25) is 5.91 Å². The molecule has 1 atom stereocenters. The molecule has 2 heterocycles. The summed E-state index contributed by atoms with van der Waals surface area (Å²) in [5.41, 5.74) is 2.37. The molecule has 1 N–H and O–H groups in total. The predicted octanol–water partition coefficient (Wildman–Crippen LogP) is 3.66. The number of ether oxygens (including phenoxy) is 1. The average Bonchev–Trinajstić information content (AvgIpc) is 3.20. The van der Waals surface area contributed by atoms with Crippen LogP contribution in [0.15, 0.2) is 58.4 Å². The third-order valence-electron chi connectivity index (χ3n) is 4.57. The molecule has 1 aliphatic rings. The van der Waals surface area contributed by atoms with Crippen molar-refractivity contribution in [2.45, 2.75) is 12.5 Å². The molecule has 29 heavy (non-hydrogen) atoms. The van der Waals surface area contributed by atoms with Gasteiger partial charge < -0.3 is 15.0 Å². The Kier molecular flexibility index (Phi) is 5.64. The molecule has 0 aliphatic carbocycles. The Labute approximate surface area is 180 Å². The Morgan fingerprint density at radius 2 is 2.10 bits per heavy atom. The molecule has 6 nitrogen and oxygen atoms in total. The molecule has 1 aliphatic heterocycles. The second-order valence-electron chi connectivity index (χ2n) is 6.52. The van der Waals surface area contributed by atoms with E-state index in [0.717, 1.165) is 15.0 Å². The number of amides is 2.